The van der Waals surface area contributed by atoms with Crippen LogP contribution < -0.4 is 5.32 Å². The lowest BCUT2D eigenvalue weighted by atomic mass is 9.96. The molecule has 1 heterocycles. The average molecular weight is 229 g/mol. The van der Waals surface area contributed by atoms with Crippen LogP contribution in [0.2, 0.25) is 0 Å². The molecule has 88 valence electrons. The van der Waals surface area contributed by atoms with E-state index in [1.165, 1.54) is 11.1 Å². The first-order valence-corrected chi connectivity index (χ1v) is 5.98. The molecule has 2 unspecified atom stereocenters. The molecule has 3 nitrogen and oxygen atoms in total. The fraction of sp³-hybridized carbons (Fsp3) is 0.357. The van der Waals surface area contributed by atoms with Gasteiger partial charge in [0.05, 0.1) is 12.6 Å². The van der Waals surface area contributed by atoms with Crippen LogP contribution in [0.3, 0.4) is 0 Å². The minimum absolute atomic E-state index is 0.104. The maximum Gasteiger partial charge on any atom is 0.328 e. The summed E-state index contributed by atoms with van der Waals surface area (Å²) < 4.78 is 5.16. The maximum atomic E-state index is 12.0. The van der Waals surface area contributed by atoms with E-state index in [0.29, 0.717) is 13.0 Å². The molecule has 1 aromatic carbocycles. The normalized spacial score (nSPS) is 28.9. The molecule has 0 spiro atoms. The second-order valence-corrected chi connectivity index (χ2v) is 4.50. The van der Waals surface area contributed by atoms with Crippen molar-refractivity contribution in [2.24, 2.45) is 0 Å². The van der Waals surface area contributed by atoms with Crippen LogP contribution in [0.15, 0.2) is 30.3 Å². The Balaban J connectivity index is 1.96. The number of fused-ring (bicyclic) bond motifs is 3. The van der Waals surface area contributed by atoms with Crippen molar-refractivity contribution in [2.75, 3.05) is 6.61 Å². The summed E-state index contributed by atoms with van der Waals surface area (Å²) in [5.74, 6) is -0.133. The average Bonchev–Trinajstić information content (AvgIpc) is 3.05. The van der Waals surface area contributed by atoms with Crippen molar-refractivity contribution in [2.45, 2.75) is 24.9 Å². The molecule has 1 fully saturated rings. The minimum atomic E-state index is -0.515. The van der Waals surface area contributed by atoms with Crippen LogP contribution in [-0.2, 0) is 9.53 Å². The quantitative estimate of drug-likeness (QED) is 0.623. The Kier molecular flexibility index (Phi) is 2.30. The lowest BCUT2D eigenvalue weighted by Crippen LogP contribution is -2.29. The number of rotatable bonds is 2. The monoisotopic (exact) mass is 229 g/mol. The molecule has 1 aliphatic heterocycles. The predicted molar refractivity (Wildman–Crippen MR) is 65.3 cm³/mol. The smallest absolute Gasteiger partial charge is 0.328 e. The molecule has 1 aromatic rings. The molecule has 0 aromatic heterocycles. The Bertz CT molecular complexity index is 495. The second kappa shape index (κ2) is 3.70. The first-order valence-electron chi connectivity index (χ1n) is 5.98. The molecule has 2 aliphatic rings. The van der Waals surface area contributed by atoms with Crippen molar-refractivity contribution in [3.05, 3.63) is 41.5 Å². The molecule has 17 heavy (non-hydrogen) atoms. The number of hydrogen-bond donors (Lipinski definition) is 1. The number of carbonyl (C=O) groups excluding carboxylic acids is 1. The van der Waals surface area contributed by atoms with Crippen molar-refractivity contribution < 1.29 is 9.53 Å². The van der Waals surface area contributed by atoms with Gasteiger partial charge in [0.2, 0.25) is 0 Å². The highest BCUT2D eigenvalue weighted by molar-refractivity contribution is 5.88. The summed E-state index contributed by atoms with van der Waals surface area (Å²) in [5.41, 5.74) is 1.86. The number of carbonyl (C=O) groups is 1. The number of ether oxygens (including phenoxy) is 1. The van der Waals surface area contributed by atoms with Gasteiger partial charge in [0.25, 0.3) is 0 Å². The molecule has 3 rings (SSSR count). The van der Waals surface area contributed by atoms with Gasteiger partial charge in [-0.15, -0.1) is 0 Å². The molecule has 3 heteroatoms. The Morgan fingerprint density at radius 2 is 2.35 bits per heavy atom. The van der Waals surface area contributed by atoms with Crippen LogP contribution in [0, 0.1) is 0 Å². The highest BCUT2D eigenvalue weighted by Crippen LogP contribution is 2.47. The molecule has 1 N–H and O–H groups in total. The fourth-order valence-corrected chi connectivity index (χ4v) is 2.55. The zero-order chi connectivity index (χ0) is 11.9. The Morgan fingerprint density at radius 3 is 3.18 bits per heavy atom. The first kappa shape index (κ1) is 10.5. The van der Waals surface area contributed by atoms with E-state index in [4.69, 9.17) is 4.74 Å². The molecule has 1 aliphatic carbocycles. The van der Waals surface area contributed by atoms with E-state index >= 15 is 0 Å². The number of hydrogen-bond acceptors (Lipinski definition) is 3. The van der Waals surface area contributed by atoms with Crippen LogP contribution in [0.1, 0.15) is 30.5 Å². The molecule has 0 radical (unpaired) electrons. The van der Waals surface area contributed by atoms with E-state index in [0.717, 1.165) is 0 Å². The van der Waals surface area contributed by atoms with Crippen LogP contribution in [-0.4, -0.2) is 18.1 Å². The van der Waals surface area contributed by atoms with Gasteiger partial charge in [-0.3, -0.25) is 5.32 Å². The van der Waals surface area contributed by atoms with Gasteiger partial charge in [-0.2, -0.15) is 0 Å². The van der Waals surface area contributed by atoms with Crippen LogP contribution in [0.5, 0.6) is 0 Å². The summed E-state index contributed by atoms with van der Waals surface area (Å²) >= 11 is 0. The van der Waals surface area contributed by atoms with Gasteiger partial charge in [0.15, 0.2) is 0 Å². The van der Waals surface area contributed by atoms with Crippen LogP contribution in [0.25, 0.3) is 6.08 Å². The third-order valence-corrected chi connectivity index (χ3v) is 3.50. The molecular weight excluding hydrogens is 214 g/mol. The van der Waals surface area contributed by atoms with E-state index in [2.05, 4.69) is 29.6 Å². The van der Waals surface area contributed by atoms with E-state index in [1.807, 2.05) is 19.1 Å². The number of nitrogens with one attached hydrogen (secondary N) is 1. The largest absolute Gasteiger partial charge is 0.465 e. The summed E-state index contributed by atoms with van der Waals surface area (Å²) in [6.07, 6.45) is 4.84. The van der Waals surface area contributed by atoms with Gasteiger partial charge < -0.3 is 4.74 Å². The highest BCUT2D eigenvalue weighted by atomic mass is 16.5. The van der Waals surface area contributed by atoms with Gasteiger partial charge in [-0.25, -0.2) is 4.79 Å². The lowest BCUT2D eigenvalue weighted by molar-refractivity contribution is -0.146. The lowest BCUT2D eigenvalue weighted by Gasteiger charge is -2.10. The van der Waals surface area contributed by atoms with E-state index in [-0.39, 0.29) is 12.0 Å². The Hall–Kier alpha value is -1.61. The number of esters is 1. The van der Waals surface area contributed by atoms with Crippen molar-refractivity contribution in [1.82, 2.24) is 5.32 Å². The van der Waals surface area contributed by atoms with Crippen molar-refractivity contribution in [3.8, 4) is 0 Å². The molecule has 2 atom stereocenters. The fourth-order valence-electron chi connectivity index (χ4n) is 2.55. The summed E-state index contributed by atoms with van der Waals surface area (Å²) in [5, 5.41) is 3.30. The van der Waals surface area contributed by atoms with Gasteiger partial charge in [0.1, 0.15) is 5.54 Å². The summed E-state index contributed by atoms with van der Waals surface area (Å²) in [6.45, 7) is 2.27. The first-order chi connectivity index (χ1) is 8.28. The Morgan fingerprint density at radius 1 is 1.53 bits per heavy atom. The third kappa shape index (κ3) is 1.50. The summed E-state index contributed by atoms with van der Waals surface area (Å²) in [7, 11) is 0. The number of benzene rings is 1. The van der Waals surface area contributed by atoms with E-state index in [1.54, 1.807) is 0 Å². The molecule has 1 saturated heterocycles. The highest BCUT2D eigenvalue weighted by Gasteiger charge is 2.61. The molecular formula is C14H15NO2. The van der Waals surface area contributed by atoms with Gasteiger partial charge in [0, 0.05) is 0 Å². The van der Waals surface area contributed by atoms with Gasteiger partial charge in [-0.1, -0.05) is 36.4 Å². The topological polar surface area (TPSA) is 48.2 Å². The SMILES string of the molecule is CCOC(=O)C12CC=Cc3ccccc3C1N2. The van der Waals surface area contributed by atoms with Crippen LogP contribution in [0.4, 0.5) is 0 Å². The van der Waals surface area contributed by atoms with Crippen molar-refractivity contribution in [1.29, 1.82) is 0 Å². The summed E-state index contributed by atoms with van der Waals surface area (Å²) in [4.78, 5) is 12.0. The maximum absolute atomic E-state index is 12.0. The van der Waals surface area contributed by atoms with Gasteiger partial charge in [-0.05, 0) is 24.5 Å². The second-order valence-electron chi connectivity index (χ2n) is 4.50. The minimum Gasteiger partial charge on any atom is -0.465 e. The zero-order valence-electron chi connectivity index (χ0n) is 9.77. The van der Waals surface area contributed by atoms with Crippen LogP contribution >= 0.6 is 0 Å². The van der Waals surface area contributed by atoms with Gasteiger partial charge >= 0.3 is 5.97 Å². The van der Waals surface area contributed by atoms with E-state index in [9.17, 15) is 4.79 Å². The predicted octanol–water partition coefficient (Wildman–Crippen LogP) is 2.05. The Labute approximate surface area is 100 Å². The molecule has 0 amide bonds. The van der Waals surface area contributed by atoms with E-state index < -0.39 is 5.54 Å². The summed E-state index contributed by atoms with van der Waals surface area (Å²) in [6, 6.07) is 8.28. The van der Waals surface area contributed by atoms with Crippen molar-refractivity contribution in [3.63, 3.8) is 0 Å². The van der Waals surface area contributed by atoms with Crippen molar-refractivity contribution >= 4 is 12.0 Å². The third-order valence-electron chi connectivity index (χ3n) is 3.50. The molecule has 0 saturated carbocycles. The standard InChI is InChI=1S/C14H15NO2/c1-2-17-13(16)14-9-5-7-10-6-3-4-8-11(10)12(14)15-14/h3-8,12,15H,2,9H2,1H3. The molecule has 0 bridgehead atoms. The zero-order valence-corrected chi connectivity index (χ0v) is 9.77.